The molecule has 1 aliphatic rings. The van der Waals surface area contributed by atoms with Gasteiger partial charge in [0.1, 0.15) is 5.38 Å². The van der Waals surface area contributed by atoms with Crippen LogP contribution in [0.5, 0.6) is 0 Å². The number of aryl methyl sites for hydroxylation is 2. The number of hydrogen-bond donors (Lipinski definition) is 1. The van der Waals surface area contributed by atoms with Gasteiger partial charge in [0, 0.05) is 12.6 Å². The molecule has 1 aromatic heterocycles. The first-order valence-corrected chi connectivity index (χ1v) is 8.26. The van der Waals surface area contributed by atoms with Crippen LogP contribution < -0.4 is 5.32 Å². The average molecular weight is 320 g/mol. The number of hydrogen-bond acceptors (Lipinski definition) is 2. The van der Waals surface area contributed by atoms with Crippen LogP contribution in [-0.2, 0) is 11.3 Å². The van der Waals surface area contributed by atoms with E-state index in [1.54, 1.807) is 6.92 Å². The number of carbonyl (C=O) groups excluding carboxylic acids is 1. The highest BCUT2D eigenvalue weighted by Gasteiger charge is 2.33. The minimum atomic E-state index is -0.495. The summed E-state index contributed by atoms with van der Waals surface area (Å²) in [5.41, 5.74) is 4.65. The minimum absolute atomic E-state index is 0.0880. The lowest BCUT2D eigenvalue weighted by molar-refractivity contribution is -0.121. The highest BCUT2D eigenvalue weighted by Crippen LogP contribution is 2.34. The van der Waals surface area contributed by atoms with Crippen molar-refractivity contribution in [1.29, 1.82) is 0 Å². The van der Waals surface area contributed by atoms with E-state index in [9.17, 15) is 4.79 Å². The van der Waals surface area contributed by atoms with Gasteiger partial charge in [-0.2, -0.15) is 0 Å². The second kappa shape index (κ2) is 5.92. The average Bonchev–Trinajstić information content (AvgIpc) is 3.24. The highest BCUT2D eigenvalue weighted by atomic mass is 35.5. The van der Waals surface area contributed by atoms with Crippen molar-refractivity contribution in [3.8, 4) is 0 Å². The van der Waals surface area contributed by atoms with Crippen LogP contribution in [0.1, 0.15) is 30.9 Å². The van der Waals surface area contributed by atoms with Crippen LogP contribution in [0.4, 0.5) is 0 Å². The zero-order valence-electron chi connectivity index (χ0n) is 13.3. The number of fused-ring (bicyclic) bond motifs is 1. The number of nitrogens with one attached hydrogen (secondary N) is 1. The summed E-state index contributed by atoms with van der Waals surface area (Å²) in [6.45, 7) is 6.67. The van der Waals surface area contributed by atoms with E-state index in [0.717, 1.165) is 17.6 Å². The number of nitrogens with zero attached hydrogens (tertiary/aromatic N) is 2. The number of imidazole rings is 1. The molecule has 1 aliphatic carbocycles. The molecular formula is C17H22ClN3O. The quantitative estimate of drug-likeness (QED) is 0.860. The van der Waals surface area contributed by atoms with E-state index in [1.807, 2.05) is 6.33 Å². The van der Waals surface area contributed by atoms with Crippen LogP contribution in [0.2, 0.25) is 0 Å². The maximum atomic E-state index is 11.9. The Bertz CT molecular complexity index is 703. The van der Waals surface area contributed by atoms with E-state index < -0.39 is 5.38 Å². The molecule has 1 heterocycles. The molecule has 1 N–H and O–H groups in total. The molecular weight excluding hydrogens is 298 g/mol. The first-order valence-electron chi connectivity index (χ1n) is 7.82. The van der Waals surface area contributed by atoms with Gasteiger partial charge in [-0.15, -0.1) is 11.6 Å². The summed E-state index contributed by atoms with van der Waals surface area (Å²) in [5, 5.41) is 2.59. The first-order chi connectivity index (χ1) is 10.5. The van der Waals surface area contributed by atoms with E-state index in [0.29, 0.717) is 5.92 Å². The van der Waals surface area contributed by atoms with Gasteiger partial charge < -0.3 is 9.88 Å². The standard InChI is InChI=1S/C17H22ClN3O/c1-10-6-14-16(7-11(10)2)21(9-19-14)8-15(13-4-5-13)20-17(22)12(3)18/h6-7,9,12-13,15H,4-5,8H2,1-3H3,(H,20,22). The fourth-order valence-corrected chi connectivity index (χ4v) is 2.84. The maximum absolute atomic E-state index is 11.9. The fourth-order valence-electron chi connectivity index (χ4n) is 2.78. The van der Waals surface area contributed by atoms with Crippen LogP contribution in [0.15, 0.2) is 18.5 Å². The molecule has 0 bridgehead atoms. The molecule has 4 nitrogen and oxygen atoms in total. The van der Waals surface area contributed by atoms with Gasteiger partial charge in [-0.25, -0.2) is 4.98 Å². The lowest BCUT2D eigenvalue weighted by Gasteiger charge is -2.20. The van der Waals surface area contributed by atoms with E-state index in [-0.39, 0.29) is 11.9 Å². The zero-order valence-corrected chi connectivity index (χ0v) is 14.0. The van der Waals surface area contributed by atoms with Gasteiger partial charge >= 0.3 is 0 Å². The number of alkyl halides is 1. The van der Waals surface area contributed by atoms with Crippen LogP contribution in [0, 0.1) is 19.8 Å². The van der Waals surface area contributed by atoms with E-state index >= 15 is 0 Å². The van der Waals surface area contributed by atoms with Crippen molar-refractivity contribution in [3.05, 3.63) is 29.6 Å². The topological polar surface area (TPSA) is 46.9 Å². The predicted molar refractivity (Wildman–Crippen MR) is 89.2 cm³/mol. The second-order valence-electron chi connectivity index (χ2n) is 6.39. The zero-order chi connectivity index (χ0) is 15.9. The SMILES string of the molecule is Cc1cc2ncn(CC(NC(=O)C(C)Cl)C3CC3)c2cc1C. The Balaban J connectivity index is 1.84. The number of rotatable bonds is 5. The molecule has 2 aromatic rings. The molecule has 0 aliphatic heterocycles. The smallest absolute Gasteiger partial charge is 0.238 e. The number of aromatic nitrogens is 2. The van der Waals surface area contributed by atoms with Crippen molar-refractivity contribution in [1.82, 2.24) is 14.9 Å². The summed E-state index contributed by atoms with van der Waals surface area (Å²) in [6.07, 6.45) is 4.22. The number of carbonyl (C=O) groups is 1. The van der Waals surface area contributed by atoms with Crippen molar-refractivity contribution >= 4 is 28.5 Å². The van der Waals surface area contributed by atoms with Gasteiger partial charge in [-0.3, -0.25) is 4.79 Å². The van der Waals surface area contributed by atoms with Gasteiger partial charge in [-0.05, 0) is 62.8 Å². The van der Waals surface area contributed by atoms with Crippen molar-refractivity contribution in [2.45, 2.75) is 51.6 Å². The molecule has 0 spiro atoms. The third kappa shape index (κ3) is 3.12. The third-order valence-corrected chi connectivity index (χ3v) is 4.71. The summed E-state index contributed by atoms with van der Waals surface area (Å²) in [4.78, 5) is 16.4. The van der Waals surface area contributed by atoms with Gasteiger partial charge in [0.05, 0.1) is 17.4 Å². The van der Waals surface area contributed by atoms with Crippen molar-refractivity contribution < 1.29 is 4.79 Å². The summed E-state index contributed by atoms with van der Waals surface area (Å²) < 4.78 is 2.14. The van der Waals surface area contributed by atoms with Crippen LogP contribution in [-0.4, -0.2) is 26.9 Å². The molecule has 2 unspecified atom stereocenters. The molecule has 1 fully saturated rings. The van der Waals surface area contributed by atoms with Crippen LogP contribution >= 0.6 is 11.6 Å². The Hall–Kier alpha value is -1.55. The summed E-state index contributed by atoms with van der Waals surface area (Å²) in [6, 6.07) is 4.42. The van der Waals surface area contributed by atoms with Gasteiger partial charge in [-0.1, -0.05) is 0 Å². The third-order valence-electron chi connectivity index (χ3n) is 4.51. The Labute approximate surface area is 135 Å². The Morgan fingerprint density at radius 2 is 2.09 bits per heavy atom. The van der Waals surface area contributed by atoms with Crippen molar-refractivity contribution in [2.75, 3.05) is 0 Å². The van der Waals surface area contributed by atoms with Crippen molar-refractivity contribution in [2.24, 2.45) is 5.92 Å². The fraction of sp³-hybridized carbons (Fsp3) is 0.529. The normalized spacial score (nSPS) is 17.5. The Kier molecular flexibility index (Phi) is 4.13. The van der Waals surface area contributed by atoms with Gasteiger partial charge in [0.25, 0.3) is 0 Å². The molecule has 1 saturated carbocycles. The number of benzene rings is 1. The number of halogens is 1. The predicted octanol–water partition coefficient (Wildman–Crippen LogP) is 3.18. The van der Waals surface area contributed by atoms with Crippen LogP contribution in [0.3, 0.4) is 0 Å². The minimum Gasteiger partial charge on any atom is -0.350 e. The molecule has 1 amide bonds. The molecule has 0 saturated heterocycles. The molecule has 1 aromatic carbocycles. The van der Waals surface area contributed by atoms with Crippen LogP contribution in [0.25, 0.3) is 11.0 Å². The van der Waals surface area contributed by atoms with Gasteiger partial charge in [0.2, 0.25) is 5.91 Å². The molecule has 22 heavy (non-hydrogen) atoms. The molecule has 2 atom stereocenters. The summed E-state index contributed by atoms with van der Waals surface area (Å²) in [7, 11) is 0. The lowest BCUT2D eigenvalue weighted by Crippen LogP contribution is -2.42. The van der Waals surface area contributed by atoms with Crippen molar-refractivity contribution in [3.63, 3.8) is 0 Å². The first kappa shape index (κ1) is 15.3. The molecule has 0 radical (unpaired) electrons. The summed E-state index contributed by atoms with van der Waals surface area (Å²) in [5.74, 6) is 0.471. The second-order valence-corrected chi connectivity index (χ2v) is 7.05. The summed E-state index contributed by atoms with van der Waals surface area (Å²) >= 11 is 5.88. The van der Waals surface area contributed by atoms with E-state index in [2.05, 4.69) is 40.8 Å². The number of amides is 1. The van der Waals surface area contributed by atoms with E-state index in [4.69, 9.17) is 11.6 Å². The highest BCUT2D eigenvalue weighted by molar-refractivity contribution is 6.30. The van der Waals surface area contributed by atoms with E-state index in [1.165, 1.54) is 24.0 Å². The molecule has 3 rings (SSSR count). The maximum Gasteiger partial charge on any atom is 0.238 e. The monoisotopic (exact) mass is 319 g/mol. The molecule has 118 valence electrons. The largest absolute Gasteiger partial charge is 0.350 e. The van der Waals surface area contributed by atoms with Gasteiger partial charge in [0.15, 0.2) is 0 Å². The lowest BCUT2D eigenvalue weighted by atomic mass is 10.1. The Morgan fingerprint density at radius 1 is 1.41 bits per heavy atom. The molecule has 5 heteroatoms. The Morgan fingerprint density at radius 3 is 2.73 bits per heavy atom.